The monoisotopic (exact) mass is 333 g/mol. The van der Waals surface area contributed by atoms with E-state index in [1.807, 2.05) is 33.3 Å². The van der Waals surface area contributed by atoms with Crippen molar-refractivity contribution in [3.63, 3.8) is 0 Å². The Bertz CT molecular complexity index is 1000. The van der Waals surface area contributed by atoms with E-state index in [2.05, 4.69) is 27.8 Å². The molecule has 0 bridgehead atoms. The molecule has 2 N–H and O–H groups in total. The van der Waals surface area contributed by atoms with Gasteiger partial charge in [0.2, 0.25) is 0 Å². The second kappa shape index (κ2) is 6.24. The highest BCUT2D eigenvalue weighted by Crippen LogP contribution is 2.36. The summed E-state index contributed by atoms with van der Waals surface area (Å²) in [6.45, 7) is 8.18. The second-order valence-electron chi connectivity index (χ2n) is 5.87. The number of pyridine rings is 1. The second-order valence-corrected chi connectivity index (χ2v) is 5.87. The Morgan fingerprint density at radius 1 is 1.36 bits per heavy atom. The van der Waals surface area contributed by atoms with Crippen molar-refractivity contribution in [3.05, 3.63) is 48.1 Å². The van der Waals surface area contributed by atoms with Crippen molar-refractivity contribution in [2.24, 2.45) is 7.05 Å². The van der Waals surface area contributed by atoms with Crippen LogP contribution in [-0.2, 0) is 13.6 Å². The van der Waals surface area contributed by atoms with Gasteiger partial charge >= 0.3 is 0 Å². The number of nitrogens with zero attached hydrogens (tertiary/aromatic N) is 6. The molecule has 0 aliphatic rings. The fraction of sp³-hybridized carbons (Fsp3) is 0.222. The van der Waals surface area contributed by atoms with Gasteiger partial charge in [-0.3, -0.25) is 9.36 Å². The van der Waals surface area contributed by atoms with Crippen molar-refractivity contribution in [1.29, 1.82) is 5.26 Å². The summed E-state index contributed by atoms with van der Waals surface area (Å²) in [5.74, 6) is 0.206. The molecule has 0 fully saturated rings. The predicted octanol–water partition coefficient (Wildman–Crippen LogP) is 2.60. The van der Waals surface area contributed by atoms with Crippen LogP contribution in [-0.4, -0.2) is 24.5 Å². The standard InChI is InChI=1S/C18H19N7/c1-5-6-25-10-15(12(3)23-25)16-11(2)17(13-8-21-24(4)9-13)22-18(20)14(16)7-19/h5,8-10H,1,6H2,2-4H3,(H2,20,22). The van der Waals surface area contributed by atoms with E-state index in [-0.39, 0.29) is 5.82 Å². The number of hydrogen-bond acceptors (Lipinski definition) is 5. The zero-order valence-corrected chi connectivity index (χ0v) is 14.5. The third-order valence-electron chi connectivity index (χ3n) is 4.09. The van der Waals surface area contributed by atoms with Crippen LogP contribution in [0.2, 0.25) is 0 Å². The van der Waals surface area contributed by atoms with Crippen LogP contribution in [0.4, 0.5) is 5.82 Å². The number of hydrogen-bond donors (Lipinski definition) is 1. The maximum Gasteiger partial charge on any atom is 0.142 e. The quantitative estimate of drug-likeness (QED) is 0.740. The summed E-state index contributed by atoms with van der Waals surface area (Å²) in [5, 5.41) is 18.3. The summed E-state index contributed by atoms with van der Waals surface area (Å²) in [6, 6.07) is 2.19. The minimum absolute atomic E-state index is 0.206. The summed E-state index contributed by atoms with van der Waals surface area (Å²) in [5.41, 5.74) is 11.4. The van der Waals surface area contributed by atoms with Crippen LogP contribution >= 0.6 is 0 Å². The van der Waals surface area contributed by atoms with Crippen LogP contribution in [0.3, 0.4) is 0 Å². The summed E-state index contributed by atoms with van der Waals surface area (Å²) < 4.78 is 3.50. The van der Waals surface area contributed by atoms with Crippen LogP contribution in [0.25, 0.3) is 22.4 Å². The highest BCUT2D eigenvalue weighted by atomic mass is 15.3. The van der Waals surface area contributed by atoms with Crippen LogP contribution in [0, 0.1) is 25.2 Å². The zero-order chi connectivity index (χ0) is 18.1. The molecule has 3 rings (SSSR count). The largest absolute Gasteiger partial charge is 0.383 e. The molecule has 0 unspecified atom stereocenters. The molecule has 0 atom stereocenters. The van der Waals surface area contributed by atoms with E-state index in [0.717, 1.165) is 33.6 Å². The van der Waals surface area contributed by atoms with Gasteiger partial charge in [-0.05, 0) is 19.4 Å². The average molecular weight is 333 g/mol. The molecule has 0 saturated carbocycles. The first-order valence-corrected chi connectivity index (χ1v) is 7.80. The molecule has 3 aromatic rings. The number of aryl methyl sites for hydroxylation is 2. The first-order chi connectivity index (χ1) is 12.0. The number of aromatic nitrogens is 5. The predicted molar refractivity (Wildman–Crippen MR) is 96.5 cm³/mol. The molecule has 3 aromatic heterocycles. The SMILES string of the molecule is C=CCn1cc(-c2c(C)c(-c3cnn(C)c3)nc(N)c2C#N)c(C)n1. The van der Waals surface area contributed by atoms with Crippen LogP contribution < -0.4 is 5.73 Å². The van der Waals surface area contributed by atoms with Crippen molar-refractivity contribution in [3.8, 4) is 28.5 Å². The van der Waals surface area contributed by atoms with Gasteiger partial charge in [0.25, 0.3) is 0 Å². The Morgan fingerprint density at radius 3 is 2.72 bits per heavy atom. The molecular weight excluding hydrogens is 314 g/mol. The highest BCUT2D eigenvalue weighted by molar-refractivity contribution is 5.84. The fourth-order valence-electron chi connectivity index (χ4n) is 2.96. The van der Waals surface area contributed by atoms with E-state index in [9.17, 15) is 5.26 Å². The lowest BCUT2D eigenvalue weighted by Crippen LogP contribution is -2.03. The molecule has 7 heteroatoms. The number of nitriles is 1. The maximum atomic E-state index is 9.62. The summed E-state index contributed by atoms with van der Waals surface area (Å²) >= 11 is 0. The van der Waals surface area contributed by atoms with Crippen LogP contribution in [0.1, 0.15) is 16.8 Å². The van der Waals surface area contributed by atoms with E-state index in [0.29, 0.717) is 12.1 Å². The van der Waals surface area contributed by atoms with Gasteiger partial charge in [-0.25, -0.2) is 4.98 Å². The molecule has 3 heterocycles. The Labute approximate surface area is 146 Å². The Morgan fingerprint density at radius 2 is 2.12 bits per heavy atom. The third kappa shape index (κ3) is 2.78. The van der Waals surface area contributed by atoms with Gasteiger partial charge in [-0.15, -0.1) is 6.58 Å². The van der Waals surface area contributed by atoms with E-state index < -0.39 is 0 Å². The topological polar surface area (TPSA) is 98.3 Å². The lowest BCUT2D eigenvalue weighted by molar-refractivity contribution is 0.695. The van der Waals surface area contributed by atoms with Crippen molar-refractivity contribution in [2.75, 3.05) is 5.73 Å². The van der Waals surface area contributed by atoms with Crippen molar-refractivity contribution >= 4 is 5.82 Å². The van der Waals surface area contributed by atoms with Gasteiger partial charge in [0.15, 0.2) is 0 Å². The molecule has 25 heavy (non-hydrogen) atoms. The molecule has 0 radical (unpaired) electrons. The first kappa shape index (κ1) is 16.5. The number of allylic oxidation sites excluding steroid dienone is 1. The molecule has 0 spiro atoms. The lowest BCUT2D eigenvalue weighted by atomic mass is 9.94. The zero-order valence-electron chi connectivity index (χ0n) is 14.5. The Balaban J connectivity index is 2.30. The van der Waals surface area contributed by atoms with Crippen molar-refractivity contribution in [1.82, 2.24) is 24.5 Å². The number of nitrogens with two attached hydrogens (primary N) is 1. The molecule has 0 saturated heterocycles. The molecule has 0 aliphatic carbocycles. The van der Waals surface area contributed by atoms with Crippen molar-refractivity contribution < 1.29 is 0 Å². The molecule has 0 amide bonds. The van der Waals surface area contributed by atoms with Gasteiger partial charge in [0, 0.05) is 36.1 Å². The Kier molecular flexibility index (Phi) is 4.11. The van der Waals surface area contributed by atoms with Crippen LogP contribution in [0.15, 0.2) is 31.2 Å². The smallest absolute Gasteiger partial charge is 0.142 e. The summed E-state index contributed by atoms with van der Waals surface area (Å²) in [4.78, 5) is 4.44. The maximum absolute atomic E-state index is 9.62. The molecule has 0 aliphatic heterocycles. The number of nitrogen functional groups attached to an aromatic ring is 1. The van der Waals surface area contributed by atoms with E-state index in [4.69, 9.17) is 5.73 Å². The lowest BCUT2D eigenvalue weighted by Gasteiger charge is -2.13. The number of rotatable bonds is 4. The number of anilines is 1. The first-order valence-electron chi connectivity index (χ1n) is 7.80. The molecule has 0 aromatic carbocycles. The van der Waals surface area contributed by atoms with Crippen LogP contribution in [0.5, 0.6) is 0 Å². The average Bonchev–Trinajstić information content (AvgIpc) is 3.15. The highest BCUT2D eigenvalue weighted by Gasteiger charge is 2.21. The minimum atomic E-state index is 0.206. The summed E-state index contributed by atoms with van der Waals surface area (Å²) in [6.07, 6.45) is 7.29. The molecule has 7 nitrogen and oxygen atoms in total. The van der Waals surface area contributed by atoms with Gasteiger partial charge in [-0.1, -0.05) is 6.08 Å². The molecular formula is C18H19N7. The third-order valence-corrected chi connectivity index (χ3v) is 4.09. The van der Waals surface area contributed by atoms with Gasteiger partial charge < -0.3 is 5.73 Å². The van der Waals surface area contributed by atoms with E-state index >= 15 is 0 Å². The minimum Gasteiger partial charge on any atom is -0.383 e. The van der Waals surface area contributed by atoms with E-state index in [1.165, 1.54) is 0 Å². The van der Waals surface area contributed by atoms with Crippen molar-refractivity contribution in [2.45, 2.75) is 20.4 Å². The van der Waals surface area contributed by atoms with E-state index in [1.54, 1.807) is 21.6 Å². The normalized spacial score (nSPS) is 10.6. The summed E-state index contributed by atoms with van der Waals surface area (Å²) in [7, 11) is 1.84. The Hall–Kier alpha value is -3.40. The van der Waals surface area contributed by atoms with Gasteiger partial charge in [-0.2, -0.15) is 15.5 Å². The van der Waals surface area contributed by atoms with Gasteiger partial charge in [0.1, 0.15) is 17.5 Å². The fourth-order valence-corrected chi connectivity index (χ4v) is 2.96. The van der Waals surface area contributed by atoms with Gasteiger partial charge in [0.05, 0.1) is 24.1 Å². The molecule has 126 valence electrons.